The summed E-state index contributed by atoms with van der Waals surface area (Å²) in [5.74, 6) is 0. The zero-order valence-corrected chi connectivity index (χ0v) is 9.50. The third-order valence-electron chi connectivity index (χ3n) is 3.17. The van der Waals surface area contributed by atoms with E-state index in [4.69, 9.17) is 0 Å². The van der Waals surface area contributed by atoms with Crippen LogP contribution in [0.2, 0.25) is 0 Å². The average molecular weight is 200 g/mol. The highest BCUT2D eigenvalue weighted by Crippen LogP contribution is 2.17. The number of aliphatic hydroxyl groups excluding tert-OH is 1. The fourth-order valence-electron chi connectivity index (χ4n) is 1.95. The van der Waals surface area contributed by atoms with Gasteiger partial charge in [0.1, 0.15) is 0 Å². The molecule has 1 aliphatic carbocycles. The summed E-state index contributed by atoms with van der Waals surface area (Å²) in [6.45, 7) is 5.32. The molecule has 1 rings (SSSR count). The summed E-state index contributed by atoms with van der Waals surface area (Å²) in [6.07, 6.45) is 4.45. The summed E-state index contributed by atoms with van der Waals surface area (Å²) in [6, 6.07) is 0.342. The number of aliphatic hydroxyl groups is 1. The van der Waals surface area contributed by atoms with Gasteiger partial charge in [-0.2, -0.15) is 0 Å². The molecule has 0 spiro atoms. The van der Waals surface area contributed by atoms with Gasteiger partial charge >= 0.3 is 0 Å². The molecule has 3 heteroatoms. The van der Waals surface area contributed by atoms with Gasteiger partial charge in [-0.3, -0.25) is 0 Å². The monoisotopic (exact) mass is 200 g/mol. The van der Waals surface area contributed by atoms with Crippen LogP contribution in [0.1, 0.15) is 32.6 Å². The average Bonchev–Trinajstić information content (AvgIpc) is 2.20. The van der Waals surface area contributed by atoms with E-state index in [1.165, 1.54) is 12.8 Å². The van der Waals surface area contributed by atoms with Crippen LogP contribution in [-0.4, -0.2) is 48.8 Å². The Hall–Kier alpha value is -0.120. The van der Waals surface area contributed by atoms with Crippen LogP contribution in [0.4, 0.5) is 0 Å². The maximum Gasteiger partial charge on any atom is 0.0693 e. The SMILES string of the molecule is CCN(C)CCNC1CCCCC1O. The second-order valence-electron chi connectivity index (χ2n) is 4.31. The van der Waals surface area contributed by atoms with Crippen molar-refractivity contribution in [1.82, 2.24) is 10.2 Å². The third-order valence-corrected chi connectivity index (χ3v) is 3.17. The van der Waals surface area contributed by atoms with Gasteiger partial charge < -0.3 is 15.3 Å². The topological polar surface area (TPSA) is 35.5 Å². The summed E-state index contributed by atoms with van der Waals surface area (Å²) in [4.78, 5) is 2.28. The zero-order valence-electron chi connectivity index (χ0n) is 9.50. The minimum Gasteiger partial charge on any atom is -0.392 e. The standard InChI is InChI=1S/C11H24N2O/c1-3-13(2)9-8-12-10-6-4-5-7-11(10)14/h10-12,14H,3-9H2,1-2H3. The molecule has 3 nitrogen and oxygen atoms in total. The Morgan fingerprint density at radius 3 is 2.71 bits per heavy atom. The van der Waals surface area contributed by atoms with E-state index >= 15 is 0 Å². The minimum atomic E-state index is -0.115. The van der Waals surface area contributed by atoms with Gasteiger partial charge in [-0.25, -0.2) is 0 Å². The summed E-state index contributed by atoms with van der Waals surface area (Å²) < 4.78 is 0. The largest absolute Gasteiger partial charge is 0.392 e. The second-order valence-corrected chi connectivity index (χ2v) is 4.31. The predicted octanol–water partition coefficient (Wildman–Crippen LogP) is 0.831. The normalized spacial score (nSPS) is 28.3. The first-order valence-corrected chi connectivity index (χ1v) is 5.84. The molecule has 2 N–H and O–H groups in total. The first-order chi connectivity index (χ1) is 6.74. The first kappa shape index (κ1) is 12.0. The van der Waals surface area contributed by atoms with Gasteiger partial charge in [-0.15, -0.1) is 0 Å². The van der Waals surface area contributed by atoms with Gasteiger partial charge in [0, 0.05) is 19.1 Å². The van der Waals surface area contributed by atoms with E-state index in [0.29, 0.717) is 6.04 Å². The molecule has 0 heterocycles. The van der Waals surface area contributed by atoms with E-state index in [2.05, 4.69) is 24.2 Å². The molecule has 0 radical (unpaired) electrons. The van der Waals surface area contributed by atoms with Gasteiger partial charge in [0.05, 0.1) is 6.10 Å². The Balaban J connectivity index is 2.10. The Labute approximate surface area is 87.5 Å². The van der Waals surface area contributed by atoms with Crippen molar-refractivity contribution in [1.29, 1.82) is 0 Å². The van der Waals surface area contributed by atoms with Crippen LogP contribution in [0, 0.1) is 0 Å². The van der Waals surface area contributed by atoms with Gasteiger partial charge in [-0.05, 0) is 26.4 Å². The lowest BCUT2D eigenvalue weighted by Crippen LogP contribution is -2.44. The van der Waals surface area contributed by atoms with E-state index in [0.717, 1.165) is 32.5 Å². The molecule has 0 aromatic carbocycles. The molecule has 2 unspecified atom stereocenters. The van der Waals surface area contributed by atoms with E-state index < -0.39 is 0 Å². The van der Waals surface area contributed by atoms with Crippen molar-refractivity contribution in [2.24, 2.45) is 0 Å². The molecule has 0 aromatic heterocycles. The Morgan fingerprint density at radius 2 is 2.07 bits per heavy atom. The molecule has 0 aliphatic heterocycles. The van der Waals surface area contributed by atoms with Gasteiger partial charge in [-0.1, -0.05) is 19.8 Å². The molecule has 84 valence electrons. The summed E-state index contributed by atoms with van der Waals surface area (Å²) in [7, 11) is 2.12. The molecule has 0 amide bonds. The molecule has 0 saturated heterocycles. The van der Waals surface area contributed by atoms with Crippen LogP contribution in [-0.2, 0) is 0 Å². The van der Waals surface area contributed by atoms with Crippen LogP contribution in [0.15, 0.2) is 0 Å². The highest BCUT2D eigenvalue weighted by Gasteiger charge is 2.21. The van der Waals surface area contributed by atoms with Gasteiger partial charge in [0.15, 0.2) is 0 Å². The van der Waals surface area contributed by atoms with Crippen molar-refractivity contribution in [3.8, 4) is 0 Å². The maximum atomic E-state index is 9.72. The molecule has 1 fully saturated rings. The quantitative estimate of drug-likeness (QED) is 0.690. The van der Waals surface area contributed by atoms with Crippen molar-refractivity contribution >= 4 is 0 Å². The lowest BCUT2D eigenvalue weighted by molar-refractivity contribution is 0.0899. The highest BCUT2D eigenvalue weighted by atomic mass is 16.3. The van der Waals surface area contributed by atoms with E-state index in [1.54, 1.807) is 0 Å². The van der Waals surface area contributed by atoms with E-state index in [1.807, 2.05) is 0 Å². The molecular weight excluding hydrogens is 176 g/mol. The van der Waals surface area contributed by atoms with E-state index in [9.17, 15) is 5.11 Å². The van der Waals surface area contributed by atoms with Crippen LogP contribution < -0.4 is 5.32 Å². The summed E-state index contributed by atoms with van der Waals surface area (Å²) >= 11 is 0. The lowest BCUT2D eigenvalue weighted by atomic mass is 9.93. The van der Waals surface area contributed by atoms with E-state index in [-0.39, 0.29) is 6.10 Å². The molecule has 14 heavy (non-hydrogen) atoms. The Bertz CT molecular complexity index is 152. The highest BCUT2D eigenvalue weighted by molar-refractivity contribution is 4.80. The fraction of sp³-hybridized carbons (Fsp3) is 1.00. The van der Waals surface area contributed by atoms with Crippen molar-refractivity contribution in [2.45, 2.75) is 44.8 Å². The fourth-order valence-corrected chi connectivity index (χ4v) is 1.95. The zero-order chi connectivity index (χ0) is 10.4. The molecule has 2 atom stereocenters. The van der Waals surface area contributed by atoms with Crippen molar-refractivity contribution in [3.05, 3.63) is 0 Å². The van der Waals surface area contributed by atoms with Crippen molar-refractivity contribution in [2.75, 3.05) is 26.7 Å². The number of rotatable bonds is 5. The van der Waals surface area contributed by atoms with Crippen molar-refractivity contribution < 1.29 is 5.11 Å². The number of nitrogens with zero attached hydrogens (tertiary/aromatic N) is 1. The molecule has 1 saturated carbocycles. The summed E-state index contributed by atoms with van der Waals surface area (Å²) in [5, 5.41) is 13.2. The van der Waals surface area contributed by atoms with Crippen LogP contribution >= 0.6 is 0 Å². The molecule has 0 aromatic rings. The molecular formula is C11H24N2O. The summed E-state index contributed by atoms with van der Waals surface area (Å²) in [5.41, 5.74) is 0. The number of likely N-dealkylation sites (N-methyl/N-ethyl adjacent to an activating group) is 1. The second kappa shape index (κ2) is 6.38. The maximum absolute atomic E-state index is 9.72. The number of hydrogen-bond donors (Lipinski definition) is 2. The minimum absolute atomic E-state index is 0.115. The first-order valence-electron chi connectivity index (χ1n) is 5.84. The Kier molecular flexibility index (Phi) is 5.45. The smallest absolute Gasteiger partial charge is 0.0693 e. The lowest BCUT2D eigenvalue weighted by Gasteiger charge is -2.29. The molecule has 0 bridgehead atoms. The number of nitrogens with one attached hydrogen (secondary N) is 1. The van der Waals surface area contributed by atoms with Gasteiger partial charge in [0.25, 0.3) is 0 Å². The number of hydrogen-bond acceptors (Lipinski definition) is 3. The van der Waals surface area contributed by atoms with Gasteiger partial charge in [0.2, 0.25) is 0 Å². The molecule has 1 aliphatic rings. The van der Waals surface area contributed by atoms with Crippen LogP contribution in [0.5, 0.6) is 0 Å². The van der Waals surface area contributed by atoms with Crippen LogP contribution in [0.3, 0.4) is 0 Å². The third kappa shape index (κ3) is 3.95. The Morgan fingerprint density at radius 1 is 1.36 bits per heavy atom. The predicted molar refractivity (Wildman–Crippen MR) is 59.4 cm³/mol. The van der Waals surface area contributed by atoms with Crippen molar-refractivity contribution in [3.63, 3.8) is 0 Å². The van der Waals surface area contributed by atoms with Crippen LogP contribution in [0.25, 0.3) is 0 Å².